The van der Waals surface area contributed by atoms with Crippen LogP contribution in [0.2, 0.25) is 0 Å². The van der Waals surface area contributed by atoms with Crippen molar-refractivity contribution in [2.75, 3.05) is 13.1 Å². The van der Waals surface area contributed by atoms with Crippen molar-refractivity contribution in [3.8, 4) is 0 Å². The van der Waals surface area contributed by atoms with E-state index in [2.05, 4.69) is 46.8 Å². The molecular weight excluding hydrogens is 308 g/mol. The van der Waals surface area contributed by atoms with Crippen LogP contribution in [0.3, 0.4) is 0 Å². The Balaban J connectivity index is 2.12. The lowest BCUT2D eigenvalue weighted by Gasteiger charge is -2.36. The zero-order chi connectivity index (χ0) is 13.1. The molecule has 4 heteroatoms. The van der Waals surface area contributed by atoms with E-state index in [1.165, 1.54) is 27.9 Å². The van der Waals surface area contributed by atoms with Crippen molar-refractivity contribution < 1.29 is 0 Å². The van der Waals surface area contributed by atoms with E-state index in [0.29, 0.717) is 18.0 Å². The molecule has 0 radical (unpaired) electrons. The number of nitrogens with two attached hydrogens (primary N) is 1. The smallest absolute Gasteiger partial charge is 0.0701 e. The number of hydrogen-bond acceptors (Lipinski definition) is 3. The van der Waals surface area contributed by atoms with Crippen molar-refractivity contribution in [3.05, 3.63) is 20.8 Å². The molecule has 0 bridgehead atoms. The first-order valence-electron chi connectivity index (χ1n) is 6.88. The molecule has 0 spiro atoms. The van der Waals surface area contributed by atoms with Crippen molar-refractivity contribution in [1.29, 1.82) is 0 Å². The summed E-state index contributed by atoms with van der Waals surface area (Å²) in [6.07, 6.45) is 3.95. The maximum atomic E-state index is 5.93. The molecule has 1 heterocycles. The van der Waals surface area contributed by atoms with Crippen LogP contribution in [0.15, 0.2) is 15.9 Å². The number of rotatable bonds is 5. The lowest BCUT2D eigenvalue weighted by Crippen LogP contribution is -2.41. The summed E-state index contributed by atoms with van der Waals surface area (Å²) in [6, 6.07) is 5.58. The van der Waals surface area contributed by atoms with Gasteiger partial charge in [0.05, 0.1) is 3.79 Å². The van der Waals surface area contributed by atoms with Gasteiger partial charge in [0.25, 0.3) is 0 Å². The average Bonchev–Trinajstić information content (AvgIpc) is 2.98. The van der Waals surface area contributed by atoms with Gasteiger partial charge >= 0.3 is 0 Å². The van der Waals surface area contributed by atoms with Crippen LogP contribution in [0.25, 0.3) is 0 Å². The molecule has 2 nitrogen and oxygen atoms in total. The highest BCUT2D eigenvalue weighted by Gasteiger charge is 2.33. The Bertz CT molecular complexity index is 380. The van der Waals surface area contributed by atoms with Gasteiger partial charge in [-0.05, 0) is 66.8 Å². The van der Waals surface area contributed by atoms with Gasteiger partial charge in [-0.25, -0.2) is 0 Å². The Hall–Kier alpha value is 0.1000. The van der Waals surface area contributed by atoms with Crippen molar-refractivity contribution in [1.82, 2.24) is 4.90 Å². The minimum absolute atomic E-state index is 0.503. The molecule has 18 heavy (non-hydrogen) atoms. The molecule has 3 atom stereocenters. The molecule has 0 aliphatic heterocycles. The molecule has 1 aliphatic carbocycles. The maximum absolute atomic E-state index is 5.93. The predicted octanol–water partition coefficient (Wildman–Crippen LogP) is 4.02. The van der Waals surface area contributed by atoms with E-state index in [1.807, 2.05) is 11.3 Å². The molecular formula is C14H23BrN2S. The fourth-order valence-electron chi connectivity index (χ4n) is 3.24. The van der Waals surface area contributed by atoms with Crippen LogP contribution in [0.5, 0.6) is 0 Å². The van der Waals surface area contributed by atoms with Gasteiger partial charge in [-0.15, -0.1) is 11.3 Å². The van der Waals surface area contributed by atoms with E-state index >= 15 is 0 Å². The summed E-state index contributed by atoms with van der Waals surface area (Å²) in [5, 5.41) is 0. The predicted molar refractivity (Wildman–Crippen MR) is 83.0 cm³/mol. The van der Waals surface area contributed by atoms with E-state index in [0.717, 1.165) is 13.1 Å². The van der Waals surface area contributed by atoms with Crippen LogP contribution in [0.4, 0.5) is 0 Å². The third-order valence-electron chi connectivity index (χ3n) is 4.22. The van der Waals surface area contributed by atoms with E-state index in [4.69, 9.17) is 5.73 Å². The average molecular weight is 331 g/mol. The minimum Gasteiger partial charge on any atom is -0.330 e. The third kappa shape index (κ3) is 2.98. The summed E-state index contributed by atoms with van der Waals surface area (Å²) in [5.74, 6) is 0.691. The van der Waals surface area contributed by atoms with Gasteiger partial charge in [-0.3, -0.25) is 4.90 Å². The first-order chi connectivity index (χ1) is 8.67. The van der Waals surface area contributed by atoms with Crippen LogP contribution in [-0.2, 0) is 0 Å². The Kier molecular flexibility index (Phi) is 5.24. The fourth-order valence-corrected chi connectivity index (χ4v) is 4.74. The summed E-state index contributed by atoms with van der Waals surface area (Å²) in [7, 11) is 0. The van der Waals surface area contributed by atoms with Crippen molar-refractivity contribution in [2.24, 2.45) is 11.7 Å². The SMILES string of the molecule is CCN(C(C)c1ccc(Br)s1)C1CCCC1CN. The largest absolute Gasteiger partial charge is 0.330 e. The number of halogens is 1. The number of hydrogen-bond donors (Lipinski definition) is 1. The molecule has 2 N–H and O–H groups in total. The first-order valence-corrected chi connectivity index (χ1v) is 8.49. The van der Waals surface area contributed by atoms with Crippen LogP contribution in [0, 0.1) is 5.92 Å². The van der Waals surface area contributed by atoms with Crippen molar-refractivity contribution in [3.63, 3.8) is 0 Å². The zero-order valence-corrected chi connectivity index (χ0v) is 13.6. The molecule has 1 aromatic heterocycles. The number of thiophene rings is 1. The molecule has 3 unspecified atom stereocenters. The summed E-state index contributed by atoms with van der Waals surface area (Å²) in [4.78, 5) is 4.09. The van der Waals surface area contributed by atoms with Gasteiger partial charge < -0.3 is 5.73 Å². The zero-order valence-electron chi connectivity index (χ0n) is 11.2. The van der Waals surface area contributed by atoms with Crippen molar-refractivity contribution >= 4 is 27.3 Å². The Morgan fingerprint density at radius 1 is 1.50 bits per heavy atom. The van der Waals surface area contributed by atoms with Gasteiger partial charge in [-0.2, -0.15) is 0 Å². The molecule has 1 fully saturated rings. The monoisotopic (exact) mass is 330 g/mol. The topological polar surface area (TPSA) is 29.3 Å². The molecule has 0 amide bonds. The van der Waals surface area contributed by atoms with Crippen LogP contribution in [-0.4, -0.2) is 24.0 Å². The molecule has 0 saturated heterocycles. The quantitative estimate of drug-likeness (QED) is 0.883. The lowest BCUT2D eigenvalue weighted by atomic mass is 10.0. The molecule has 0 aromatic carbocycles. The van der Waals surface area contributed by atoms with Gasteiger partial charge in [0, 0.05) is 17.0 Å². The number of nitrogens with zero attached hydrogens (tertiary/aromatic N) is 1. The second-order valence-electron chi connectivity index (χ2n) is 5.14. The summed E-state index contributed by atoms with van der Waals surface area (Å²) >= 11 is 5.41. The molecule has 1 aromatic rings. The van der Waals surface area contributed by atoms with Crippen LogP contribution >= 0.6 is 27.3 Å². The summed E-state index contributed by atoms with van der Waals surface area (Å²) in [5.41, 5.74) is 5.93. The van der Waals surface area contributed by atoms with Crippen LogP contribution in [0.1, 0.15) is 44.0 Å². The maximum Gasteiger partial charge on any atom is 0.0701 e. The summed E-state index contributed by atoms with van der Waals surface area (Å²) in [6.45, 7) is 6.54. The molecule has 102 valence electrons. The van der Waals surface area contributed by atoms with Crippen LogP contribution < -0.4 is 5.73 Å². The van der Waals surface area contributed by atoms with E-state index < -0.39 is 0 Å². The van der Waals surface area contributed by atoms with E-state index in [-0.39, 0.29) is 0 Å². The van der Waals surface area contributed by atoms with E-state index in [9.17, 15) is 0 Å². The van der Waals surface area contributed by atoms with Gasteiger partial charge in [0.1, 0.15) is 0 Å². The second kappa shape index (κ2) is 6.51. The highest BCUT2D eigenvalue weighted by atomic mass is 79.9. The molecule has 2 rings (SSSR count). The highest BCUT2D eigenvalue weighted by molar-refractivity contribution is 9.11. The minimum atomic E-state index is 0.503. The third-order valence-corrected chi connectivity index (χ3v) is 6.01. The standard InChI is InChI=1S/C14H23BrN2S/c1-3-17(12-6-4-5-11(12)9-16)10(2)13-7-8-14(15)18-13/h7-8,10-12H,3-6,9,16H2,1-2H3. The Morgan fingerprint density at radius 2 is 2.28 bits per heavy atom. The Morgan fingerprint density at radius 3 is 2.83 bits per heavy atom. The molecule has 1 saturated carbocycles. The lowest BCUT2D eigenvalue weighted by molar-refractivity contribution is 0.125. The van der Waals surface area contributed by atoms with E-state index in [1.54, 1.807) is 0 Å². The Labute approximate surface area is 123 Å². The first kappa shape index (κ1) is 14.5. The molecule has 1 aliphatic rings. The normalized spacial score (nSPS) is 25.8. The summed E-state index contributed by atoms with van der Waals surface area (Å²) < 4.78 is 1.22. The van der Waals surface area contributed by atoms with Gasteiger partial charge in [0.2, 0.25) is 0 Å². The highest BCUT2D eigenvalue weighted by Crippen LogP contribution is 2.37. The second-order valence-corrected chi connectivity index (χ2v) is 7.64. The van der Waals surface area contributed by atoms with Crippen molar-refractivity contribution in [2.45, 2.75) is 45.2 Å². The van der Waals surface area contributed by atoms with Gasteiger partial charge in [-0.1, -0.05) is 13.3 Å². The fraction of sp³-hybridized carbons (Fsp3) is 0.714. The van der Waals surface area contributed by atoms with Gasteiger partial charge in [0.15, 0.2) is 0 Å².